The number of carboxylic acid groups (broad SMARTS) is 1. The van der Waals surface area contributed by atoms with Crippen molar-refractivity contribution in [3.63, 3.8) is 0 Å². The van der Waals surface area contributed by atoms with Crippen LogP contribution in [-0.4, -0.2) is 23.2 Å². The molecular weight excluding hydrogens is 210 g/mol. The van der Waals surface area contributed by atoms with E-state index < -0.39 is 29.2 Å². The lowest BCUT2D eigenvalue weighted by Crippen LogP contribution is -2.09. The van der Waals surface area contributed by atoms with Gasteiger partial charge in [-0.3, -0.25) is 0 Å². The summed E-state index contributed by atoms with van der Waals surface area (Å²) in [5.74, 6) is -1.78. The van der Waals surface area contributed by atoms with Crippen molar-refractivity contribution in [3.05, 3.63) is 17.3 Å². The molecule has 0 amide bonds. The van der Waals surface area contributed by atoms with Crippen LogP contribution in [-0.2, 0) is 0 Å². The number of carboxylic acids is 1. The molecule has 1 rings (SSSR count). The smallest absolute Gasteiger partial charge is 0.339 e. The first-order valence-corrected chi connectivity index (χ1v) is 3.82. The summed E-state index contributed by atoms with van der Waals surface area (Å²) < 4.78 is 29.6. The highest BCUT2D eigenvalue weighted by atomic mass is 19.3. The third-order valence-electron chi connectivity index (χ3n) is 1.76. The third-order valence-corrected chi connectivity index (χ3v) is 1.76. The highest BCUT2D eigenvalue weighted by molar-refractivity contribution is 5.94. The predicted molar refractivity (Wildman–Crippen MR) is 47.1 cm³/mol. The summed E-state index contributed by atoms with van der Waals surface area (Å²) in [6.07, 6.45) is -2.06. The Bertz CT molecular complexity index is 396. The molecule has 0 aliphatic rings. The minimum atomic E-state index is -2.94. The fraction of sp³-hybridized carbons (Fsp3) is 0.250. The molecule has 0 atom stereocenters. The molecule has 82 valence electrons. The van der Waals surface area contributed by atoms with Crippen molar-refractivity contribution in [3.8, 4) is 5.88 Å². The maximum Gasteiger partial charge on any atom is 0.339 e. The standard InChI is InChI=1S/C8H8F2N2O3/c1-15-7-4(6(9)10)5(11)3(2-12-7)8(13)14/h2,6H,1H3,(H2,11,12)(H,13,14). The highest BCUT2D eigenvalue weighted by Crippen LogP contribution is 2.33. The van der Waals surface area contributed by atoms with Crippen LogP contribution in [0.2, 0.25) is 0 Å². The van der Waals surface area contributed by atoms with Gasteiger partial charge in [-0.05, 0) is 0 Å². The molecule has 3 N–H and O–H groups in total. The monoisotopic (exact) mass is 218 g/mol. The number of anilines is 1. The van der Waals surface area contributed by atoms with E-state index in [1.807, 2.05) is 0 Å². The summed E-state index contributed by atoms with van der Waals surface area (Å²) in [6.45, 7) is 0. The molecule has 0 saturated heterocycles. The van der Waals surface area contributed by atoms with E-state index in [-0.39, 0.29) is 5.88 Å². The summed E-state index contributed by atoms with van der Waals surface area (Å²) in [5, 5.41) is 8.63. The van der Waals surface area contributed by atoms with Gasteiger partial charge in [-0.1, -0.05) is 0 Å². The van der Waals surface area contributed by atoms with Crippen LogP contribution in [0.25, 0.3) is 0 Å². The van der Waals surface area contributed by atoms with Crippen molar-refractivity contribution >= 4 is 11.7 Å². The molecule has 15 heavy (non-hydrogen) atoms. The molecule has 1 aromatic heterocycles. The van der Waals surface area contributed by atoms with E-state index in [1.54, 1.807) is 0 Å². The summed E-state index contributed by atoms with van der Waals surface area (Å²) in [4.78, 5) is 14.0. The SMILES string of the molecule is COc1ncc(C(=O)O)c(N)c1C(F)F. The fourth-order valence-corrected chi connectivity index (χ4v) is 1.07. The summed E-state index contributed by atoms with van der Waals surface area (Å²) >= 11 is 0. The Labute approximate surface area is 83.5 Å². The van der Waals surface area contributed by atoms with Gasteiger partial charge in [-0.25, -0.2) is 18.6 Å². The van der Waals surface area contributed by atoms with Gasteiger partial charge in [0.25, 0.3) is 6.43 Å². The lowest BCUT2D eigenvalue weighted by Gasteiger charge is -2.10. The third kappa shape index (κ3) is 1.95. The second kappa shape index (κ2) is 4.07. The molecule has 0 aromatic carbocycles. The van der Waals surface area contributed by atoms with Gasteiger partial charge in [0.2, 0.25) is 5.88 Å². The zero-order valence-electron chi connectivity index (χ0n) is 7.70. The molecule has 7 heteroatoms. The quantitative estimate of drug-likeness (QED) is 0.798. The van der Waals surface area contributed by atoms with Gasteiger partial charge < -0.3 is 15.6 Å². The normalized spacial score (nSPS) is 10.4. The Morgan fingerprint density at radius 1 is 1.67 bits per heavy atom. The Balaban J connectivity index is 3.42. The molecule has 0 spiro atoms. The molecule has 0 saturated carbocycles. The first-order valence-electron chi connectivity index (χ1n) is 3.82. The van der Waals surface area contributed by atoms with E-state index in [0.29, 0.717) is 0 Å². The minimum Gasteiger partial charge on any atom is -0.481 e. The zero-order valence-corrected chi connectivity index (χ0v) is 7.70. The van der Waals surface area contributed by atoms with Gasteiger partial charge in [0.1, 0.15) is 11.1 Å². The number of ether oxygens (including phenoxy) is 1. The van der Waals surface area contributed by atoms with Gasteiger partial charge in [0.05, 0.1) is 12.8 Å². The average Bonchev–Trinajstić information content (AvgIpc) is 2.15. The van der Waals surface area contributed by atoms with Crippen LogP contribution in [0.1, 0.15) is 22.3 Å². The second-order valence-electron chi connectivity index (χ2n) is 2.61. The van der Waals surface area contributed by atoms with Crippen molar-refractivity contribution in [2.45, 2.75) is 6.43 Å². The Morgan fingerprint density at radius 2 is 2.27 bits per heavy atom. The summed E-state index contributed by atoms with van der Waals surface area (Å²) in [5.41, 5.74) is 3.59. The van der Waals surface area contributed by atoms with E-state index in [9.17, 15) is 13.6 Å². The van der Waals surface area contributed by atoms with Crippen molar-refractivity contribution in [1.29, 1.82) is 0 Å². The lowest BCUT2D eigenvalue weighted by atomic mass is 10.1. The first-order chi connectivity index (χ1) is 6.99. The number of nitrogens with two attached hydrogens (primary N) is 1. The van der Waals surface area contributed by atoms with Gasteiger partial charge in [0, 0.05) is 6.20 Å². The number of aromatic carboxylic acids is 1. The van der Waals surface area contributed by atoms with Crippen molar-refractivity contribution in [1.82, 2.24) is 4.98 Å². The molecule has 0 unspecified atom stereocenters. The van der Waals surface area contributed by atoms with Crippen molar-refractivity contribution in [2.75, 3.05) is 12.8 Å². The minimum absolute atomic E-state index is 0.368. The van der Waals surface area contributed by atoms with Crippen LogP contribution in [0.3, 0.4) is 0 Å². The number of hydrogen-bond acceptors (Lipinski definition) is 4. The Hall–Kier alpha value is -1.92. The Morgan fingerprint density at radius 3 is 2.67 bits per heavy atom. The molecule has 1 aromatic rings. The van der Waals surface area contributed by atoms with Crippen LogP contribution in [0.4, 0.5) is 14.5 Å². The average molecular weight is 218 g/mol. The molecular formula is C8H8F2N2O3. The van der Waals surface area contributed by atoms with Gasteiger partial charge in [-0.2, -0.15) is 0 Å². The van der Waals surface area contributed by atoms with E-state index in [4.69, 9.17) is 10.8 Å². The Kier molecular flexibility index (Phi) is 3.03. The number of aromatic nitrogens is 1. The van der Waals surface area contributed by atoms with Gasteiger partial charge >= 0.3 is 5.97 Å². The number of nitrogens with zero attached hydrogens (tertiary/aromatic N) is 1. The number of carbonyl (C=O) groups is 1. The van der Waals surface area contributed by atoms with Crippen LogP contribution < -0.4 is 10.5 Å². The van der Waals surface area contributed by atoms with E-state index in [1.165, 1.54) is 0 Å². The van der Waals surface area contributed by atoms with E-state index >= 15 is 0 Å². The molecule has 0 bridgehead atoms. The van der Waals surface area contributed by atoms with E-state index in [2.05, 4.69) is 9.72 Å². The van der Waals surface area contributed by atoms with Crippen LogP contribution in [0.15, 0.2) is 6.20 Å². The number of hydrogen-bond donors (Lipinski definition) is 2. The highest BCUT2D eigenvalue weighted by Gasteiger charge is 2.23. The number of rotatable bonds is 3. The predicted octanol–water partition coefficient (Wildman–Crippen LogP) is 1.31. The van der Waals surface area contributed by atoms with Gasteiger partial charge in [0.15, 0.2) is 0 Å². The maximum atomic E-state index is 12.5. The molecule has 1 heterocycles. The van der Waals surface area contributed by atoms with E-state index in [0.717, 1.165) is 13.3 Å². The molecule has 0 radical (unpaired) electrons. The molecule has 0 aliphatic carbocycles. The lowest BCUT2D eigenvalue weighted by molar-refractivity contribution is 0.0697. The number of nitrogen functional groups attached to an aromatic ring is 1. The summed E-state index contributed by atoms with van der Waals surface area (Å²) in [7, 11) is 1.15. The topological polar surface area (TPSA) is 85.4 Å². The number of alkyl halides is 2. The number of halogens is 2. The van der Waals surface area contributed by atoms with Crippen LogP contribution in [0, 0.1) is 0 Å². The number of pyridine rings is 1. The first kappa shape index (κ1) is 11.2. The van der Waals surface area contributed by atoms with Crippen molar-refractivity contribution < 1.29 is 23.4 Å². The fourth-order valence-electron chi connectivity index (χ4n) is 1.07. The molecule has 0 aliphatic heterocycles. The molecule has 0 fully saturated rings. The van der Waals surface area contributed by atoms with Crippen molar-refractivity contribution in [2.24, 2.45) is 0 Å². The second-order valence-corrected chi connectivity index (χ2v) is 2.61. The largest absolute Gasteiger partial charge is 0.481 e. The van der Waals surface area contributed by atoms with Gasteiger partial charge in [-0.15, -0.1) is 0 Å². The van der Waals surface area contributed by atoms with Crippen LogP contribution in [0.5, 0.6) is 5.88 Å². The number of methoxy groups -OCH3 is 1. The van der Waals surface area contributed by atoms with Crippen LogP contribution >= 0.6 is 0 Å². The maximum absolute atomic E-state index is 12.5. The molecule has 5 nitrogen and oxygen atoms in total. The summed E-state index contributed by atoms with van der Waals surface area (Å²) in [6, 6.07) is 0. The zero-order chi connectivity index (χ0) is 11.6.